The van der Waals surface area contributed by atoms with Crippen molar-refractivity contribution in [2.24, 2.45) is 4.99 Å². The van der Waals surface area contributed by atoms with E-state index in [0.717, 1.165) is 16.8 Å². The van der Waals surface area contributed by atoms with Gasteiger partial charge in [0.05, 0.1) is 19.4 Å². The second-order valence-electron chi connectivity index (χ2n) is 7.06. The Balaban J connectivity index is 1.67. The minimum Gasteiger partial charge on any atom is -0.496 e. The molecule has 0 spiro atoms. The van der Waals surface area contributed by atoms with Crippen LogP contribution in [0.3, 0.4) is 0 Å². The van der Waals surface area contributed by atoms with E-state index < -0.39 is 0 Å². The molecule has 0 bridgehead atoms. The standard InChI is InChI=1S/C25H22FNO/c1-16-6-4-5-7-21(16)22-10-8-18(12-17(22)2)19-13-24(27-15-19)23-14-20(26)9-11-25(23)28-3/h4-14H,15H2,1-3H3. The maximum atomic E-state index is 13.7. The molecule has 3 aromatic carbocycles. The van der Waals surface area contributed by atoms with Gasteiger partial charge in [-0.05, 0) is 71.5 Å². The van der Waals surface area contributed by atoms with Crippen molar-refractivity contribution in [3.05, 3.63) is 94.8 Å². The highest BCUT2D eigenvalue weighted by Gasteiger charge is 2.17. The summed E-state index contributed by atoms with van der Waals surface area (Å²) < 4.78 is 19.1. The quantitative estimate of drug-likeness (QED) is 0.551. The molecule has 4 rings (SSSR count). The van der Waals surface area contributed by atoms with Gasteiger partial charge in [0.25, 0.3) is 0 Å². The van der Waals surface area contributed by atoms with Crippen LogP contribution in [-0.4, -0.2) is 19.4 Å². The third-order valence-electron chi connectivity index (χ3n) is 5.20. The van der Waals surface area contributed by atoms with Crippen molar-refractivity contribution in [2.75, 3.05) is 13.7 Å². The number of nitrogens with zero attached hydrogens (tertiary/aromatic N) is 1. The number of ether oxygens (including phenoxy) is 1. The largest absolute Gasteiger partial charge is 0.496 e. The summed E-state index contributed by atoms with van der Waals surface area (Å²) in [6.45, 7) is 4.85. The summed E-state index contributed by atoms with van der Waals surface area (Å²) in [4.78, 5) is 4.62. The lowest BCUT2D eigenvalue weighted by molar-refractivity contribution is 0.413. The van der Waals surface area contributed by atoms with Gasteiger partial charge in [0.1, 0.15) is 11.6 Å². The van der Waals surface area contributed by atoms with Gasteiger partial charge in [0.15, 0.2) is 0 Å². The molecule has 0 saturated heterocycles. The van der Waals surface area contributed by atoms with Crippen LogP contribution in [-0.2, 0) is 0 Å². The second kappa shape index (κ2) is 7.43. The number of rotatable bonds is 4. The topological polar surface area (TPSA) is 21.6 Å². The van der Waals surface area contributed by atoms with Crippen molar-refractivity contribution < 1.29 is 9.13 Å². The predicted octanol–water partition coefficient (Wildman–Crippen LogP) is 6.00. The molecule has 1 aliphatic rings. The number of aliphatic imine (C=N–C) groups is 1. The molecular weight excluding hydrogens is 349 g/mol. The molecule has 0 radical (unpaired) electrons. The van der Waals surface area contributed by atoms with E-state index in [1.165, 1.54) is 34.4 Å². The predicted molar refractivity (Wildman–Crippen MR) is 114 cm³/mol. The van der Waals surface area contributed by atoms with Gasteiger partial charge < -0.3 is 4.74 Å². The van der Waals surface area contributed by atoms with Crippen molar-refractivity contribution in [2.45, 2.75) is 13.8 Å². The molecular formula is C25H22FNO. The molecule has 0 aromatic heterocycles. The molecule has 0 atom stereocenters. The highest BCUT2D eigenvalue weighted by molar-refractivity contribution is 6.16. The van der Waals surface area contributed by atoms with Crippen LogP contribution in [0, 0.1) is 19.7 Å². The molecule has 28 heavy (non-hydrogen) atoms. The van der Waals surface area contributed by atoms with E-state index in [2.05, 4.69) is 61.3 Å². The monoisotopic (exact) mass is 371 g/mol. The zero-order valence-corrected chi connectivity index (χ0v) is 16.3. The van der Waals surface area contributed by atoms with E-state index in [0.29, 0.717) is 17.9 Å². The minimum atomic E-state index is -0.293. The lowest BCUT2D eigenvalue weighted by Crippen LogP contribution is -1.99. The summed E-state index contributed by atoms with van der Waals surface area (Å²) in [7, 11) is 1.59. The zero-order chi connectivity index (χ0) is 19.7. The van der Waals surface area contributed by atoms with Crippen molar-refractivity contribution >= 4 is 11.3 Å². The molecule has 3 heteroatoms. The van der Waals surface area contributed by atoms with Gasteiger partial charge in [-0.15, -0.1) is 0 Å². The van der Waals surface area contributed by atoms with E-state index in [9.17, 15) is 4.39 Å². The molecule has 140 valence electrons. The Kier molecular flexibility index (Phi) is 4.82. The molecule has 0 fully saturated rings. The Morgan fingerprint density at radius 3 is 2.39 bits per heavy atom. The first kappa shape index (κ1) is 18.2. The summed E-state index contributed by atoms with van der Waals surface area (Å²) in [6, 6.07) is 19.5. The van der Waals surface area contributed by atoms with Crippen LogP contribution in [0.4, 0.5) is 4.39 Å². The maximum Gasteiger partial charge on any atom is 0.128 e. The van der Waals surface area contributed by atoms with Crippen LogP contribution in [0.2, 0.25) is 0 Å². The number of methoxy groups -OCH3 is 1. The van der Waals surface area contributed by atoms with Crippen LogP contribution >= 0.6 is 0 Å². The van der Waals surface area contributed by atoms with Gasteiger partial charge in [-0.3, -0.25) is 4.99 Å². The molecule has 0 amide bonds. The van der Waals surface area contributed by atoms with Crippen molar-refractivity contribution in [3.8, 4) is 16.9 Å². The second-order valence-corrected chi connectivity index (χ2v) is 7.06. The van der Waals surface area contributed by atoms with Crippen molar-refractivity contribution in [1.82, 2.24) is 0 Å². The van der Waals surface area contributed by atoms with Crippen molar-refractivity contribution in [1.29, 1.82) is 0 Å². The lowest BCUT2D eigenvalue weighted by atomic mass is 9.93. The molecule has 0 aliphatic carbocycles. The summed E-state index contributed by atoms with van der Waals surface area (Å²) in [5.74, 6) is 0.336. The molecule has 0 saturated carbocycles. The van der Waals surface area contributed by atoms with E-state index in [-0.39, 0.29) is 5.82 Å². The van der Waals surface area contributed by atoms with Crippen LogP contribution < -0.4 is 4.74 Å². The normalized spacial score (nSPS) is 13.3. The van der Waals surface area contributed by atoms with E-state index in [1.807, 2.05) is 6.08 Å². The van der Waals surface area contributed by atoms with Gasteiger partial charge in [0.2, 0.25) is 0 Å². The Labute approximate surface area is 165 Å². The highest BCUT2D eigenvalue weighted by atomic mass is 19.1. The van der Waals surface area contributed by atoms with Gasteiger partial charge in [0, 0.05) is 5.56 Å². The Bertz CT molecular complexity index is 1110. The molecule has 1 aliphatic heterocycles. The molecule has 1 heterocycles. The number of allylic oxidation sites excluding steroid dienone is 1. The van der Waals surface area contributed by atoms with Gasteiger partial charge in [-0.2, -0.15) is 0 Å². The summed E-state index contributed by atoms with van der Waals surface area (Å²) in [6.07, 6.45) is 2.03. The van der Waals surface area contributed by atoms with Crippen LogP contribution in [0.15, 0.2) is 71.7 Å². The van der Waals surface area contributed by atoms with Gasteiger partial charge >= 0.3 is 0 Å². The van der Waals surface area contributed by atoms with Crippen molar-refractivity contribution in [3.63, 3.8) is 0 Å². The summed E-state index contributed by atoms with van der Waals surface area (Å²) in [5.41, 5.74) is 8.70. The molecule has 2 nitrogen and oxygen atoms in total. The number of benzene rings is 3. The number of halogens is 1. The fourth-order valence-corrected chi connectivity index (χ4v) is 3.69. The van der Waals surface area contributed by atoms with Gasteiger partial charge in [-0.1, -0.05) is 42.5 Å². The van der Waals surface area contributed by atoms with E-state index in [4.69, 9.17) is 4.74 Å². The van der Waals surface area contributed by atoms with E-state index in [1.54, 1.807) is 13.2 Å². The first-order chi connectivity index (χ1) is 13.6. The smallest absolute Gasteiger partial charge is 0.128 e. The lowest BCUT2D eigenvalue weighted by Gasteiger charge is -2.11. The number of hydrogen-bond acceptors (Lipinski definition) is 2. The van der Waals surface area contributed by atoms with E-state index >= 15 is 0 Å². The first-order valence-corrected chi connectivity index (χ1v) is 9.33. The Hall–Kier alpha value is -3.20. The molecule has 3 aromatic rings. The maximum absolute atomic E-state index is 13.7. The fourth-order valence-electron chi connectivity index (χ4n) is 3.69. The van der Waals surface area contributed by atoms with Gasteiger partial charge in [-0.25, -0.2) is 4.39 Å². The summed E-state index contributed by atoms with van der Waals surface area (Å²) >= 11 is 0. The SMILES string of the molecule is COc1ccc(F)cc1C1=NCC(c2ccc(-c3ccccc3C)c(C)c2)=C1. The molecule has 0 unspecified atom stereocenters. The number of aryl methyl sites for hydroxylation is 2. The Morgan fingerprint density at radius 1 is 0.857 bits per heavy atom. The number of hydrogen-bond donors (Lipinski definition) is 0. The zero-order valence-electron chi connectivity index (χ0n) is 16.3. The third-order valence-corrected chi connectivity index (χ3v) is 5.20. The van der Waals surface area contributed by atoms with Crippen LogP contribution in [0.1, 0.15) is 22.3 Å². The molecule has 0 N–H and O–H groups in total. The fraction of sp³-hybridized carbons (Fsp3) is 0.160. The summed E-state index contributed by atoms with van der Waals surface area (Å²) in [5, 5.41) is 0. The first-order valence-electron chi connectivity index (χ1n) is 9.33. The third kappa shape index (κ3) is 3.36. The highest BCUT2D eigenvalue weighted by Crippen LogP contribution is 2.31. The van der Waals surface area contributed by atoms with Crippen LogP contribution in [0.5, 0.6) is 5.75 Å². The average Bonchev–Trinajstić information content (AvgIpc) is 3.19. The average molecular weight is 371 g/mol. The minimum absolute atomic E-state index is 0.293. The Morgan fingerprint density at radius 2 is 1.64 bits per heavy atom. The van der Waals surface area contributed by atoms with Crippen LogP contribution in [0.25, 0.3) is 16.7 Å².